The molecule has 0 radical (unpaired) electrons. The van der Waals surface area contributed by atoms with E-state index in [0.717, 1.165) is 46.2 Å². The zero-order valence-corrected chi connectivity index (χ0v) is 10.8. The lowest BCUT2D eigenvalue weighted by Gasteiger charge is -2.11. The molecule has 1 aliphatic rings. The highest BCUT2D eigenvalue weighted by Crippen LogP contribution is 2.34. The van der Waals surface area contributed by atoms with E-state index in [1.54, 1.807) is 0 Å². The first-order valence-electron chi connectivity index (χ1n) is 5.82. The van der Waals surface area contributed by atoms with Crippen molar-refractivity contribution in [3.63, 3.8) is 0 Å². The number of hydrogen-bond acceptors (Lipinski definition) is 4. The Morgan fingerprint density at radius 1 is 1.33 bits per heavy atom. The number of fused-ring (bicyclic) bond motifs is 1. The Morgan fingerprint density at radius 3 is 3.00 bits per heavy atom. The number of nitrogen functional groups attached to an aromatic ring is 1. The molecule has 0 atom stereocenters. The van der Waals surface area contributed by atoms with Crippen LogP contribution in [0.3, 0.4) is 0 Å². The molecule has 0 saturated heterocycles. The molecule has 5 heteroatoms. The van der Waals surface area contributed by atoms with Crippen LogP contribution < -0.4 is 11.1 Å². The molecule has 3 N–H and O–H groups in total. The second-order valence-corrected chi connectivity index (χ2v) is 4.75. The van der Waals surface area contributed by atoms with Gasteiger partial charge >= 0.3 is 0 Å². The van der Waals surface area contributed by atoms with Crippen LogP contribution in [0.5, 0.6) is 0 Å². The van der Waals surface area contributed by atoms with Gasteiger partial charge in [0.2, 0.25) is 5.95 Å². The van der Waals surface area contributed by atoms with E-state index in [2.05, 4.69) is 15.3 Å². The molecule has 18 heavy (non-hydrogen) atoms. The molecule has 0 saturated carbocycles. The maximum Gasteiger partial charge on any atom is 0.222 e. The Morgan fingerprint density at radius 2 is 2.17 bits per heavy atom. The molecule has 2 aromatic rings. The molecule has 0 fully saturated rings. The fraction of sp³-hybridized carbons (Fsp3) is 0.231. The van der Waals surface area contributed by atoms with E-state index in [9.17, 15) is 0 Å². The molecule has 1 aromatic carbocycles. The number of nitrogens with two attached hydrogens (primary N) is 1. The minimum absolute atomic E-state index is 0.289. The summed E-state index contributed by atoms with van der Waals surface area (Å²) in [6.07, 6.45) is 0.914. The standard InChI is InChI=1S/C13H13ClN4/c1-7-8(3-2-4-10(7)14)11-9-5-6-16-12(9)18-13(15)17-11/h2-4H,5-6H2,1H3,(H3,15,16,17,18). The third kappa shape index (κ3) is 1.69. The molecule has 0 aliphatic carbocycles. The summed E-state index contributed by atoms with van der Waals surface area (Å²) in [6, 6.07) is 5.82. The largest absolute Gasteiger partial charge is 0.369 e. The second kappa shape index (κ2) is 4.14. The summed E-state index contributed by atoms with van der Waals surface area (Å²) in [6.45, 7) is 2.87. The first-order valence-corrected chi connectivity index (χ1v) is 6.20. The van der Waals surface area contributed by atoms with Crippen LogP contribution in [0.15, 0.2) is 18.2 Å². The van der Waals surface area contributed by atoms with Crippen molar-refractivity contribution < 1.29 is 0 Å². The molecular formula is C13H13ClN4. The minimum Gasteiger partial charge on any atom is -0.369 e. The van der Waals surface area contributed by atoms with Gasteiger partial charge in [0.1, 0.15) is 5.82 Å². The van der Waals surface area contributed by atoms with Gasteiger partial charge in [-0.15, -0.1) is 0 Å². The van der Waals surface area contributed by atoms with Gasteiger partial charge in [-0.1, -0.05) is 23.7 Å². The van der Waals surface area contributed by atoms with E-state index in [0.29, 0.717) is 0 Å². The van der Waals surface area contributed by atoms with Crippen molar-refractivity contribution in [1.29, 1.82) is 0 Å². The Kier molecular flexibility index (Phi) is 2.59. The molecule has 3 rings (SSSR count). The number of rotatable bonds is 1. The highest BCUT2D eigenvalue weighted by molar-refractivity contribution is 6.31. The van der Waals surface area contributed by atoms with E-state index in [4.69, 9.17) is 17.3 Å². The van der Waals surface area contributed by atoms with Gasteiger partial charge in [-0.3, -0.25) is 0 Å². The number of hydrogen-bond donors (Lipinski definition) is 2. The van der Waals surface area contributed by atoms with Gasteiger partial charge in [-0.2, -0.15) is 4.98 Å². The van der Waals surface area contributed by atoms with Crippen LogP contribution in [0.25, 0.3) is 11.3 Å². The summed E-state index contributed by atoms with van der Waals surface area (Å²) in [4.78, 5) is 8.60. The molecule has 4 nitrogen and oxygen atoms in total. The highest BCUT2D eigenvalue weighted by atomic mass is 35.5. The molecule has 0 bridgehead atoms. The van der Waals surface area contributed by atoms with Gasteiger partial charge in [0.25, 0.3) is 0 Å². The molecular weight excluding hydrogens is 248 g/mol. The molecule has 1 aromatic heterocycles. The van der Waals surface area contributed by atoms with Crippen LogP contribution in [-0.2, 0) is 6.42 Å². The van der Waals surface area contributed by atoms with E-state index in [1.165, 1.54) is 0 Å². The number of nitrogens with one attached hydrogen (secondary N) is 1. The number of anilines is 2. The monoisotopic (exact) mass is 260 g/mol. The smallest absolute Gasteiger partial charge is 0.222 e. The second-order valence-electron chi connectivity index (χ2n) is 4.35. The van der Waals surface area contributed by atoms with E-state index in [-0.39, 0.29) is 5.95 Å². The van der Waals surface area contributed by atoms with Crippen molar-refractivity contribution in [2.45, 2.75) is 13.3 Å². The lowest BCUT2D eigenvalue weighted by molar-refractivity contribution is 1.09. The van der Waals surface area contributed by atoms with Gasteiger partial charge < -0.3 is 11.1 Å². The van der Waals surface area contributed by atoms with Crippen LogP contribution in [0, 0.1) is 6.92 Å². The number of aromatic nitrogens is 2. The summed E-state index contributed by atoms with van der Waals surface area (Å²) in [5, 5.41) is 3.96. The normalized spacial score (nSPS) is 13.2. The predicted octanol–water partition coefficient (Wildman–Crippen LogP) is 2.66. The van der Waals surface area contributed by atoms with Gasteiger partial charge in [0.15, 0.2) is 0 Å². The Bertz CT molecular complexity index is 625. The maximum atomic E-state index is 6.16. The summed E-state index contributed by atoms with van der Waals surface area (Å²) in [5.41, 5.74) is 9.82. The fourth-order valence-electron chi connectivity index (χ4n) is 2.28. The van der Waals surface area contributed by atoms with E-state index >= 15 is 0 Å². The van der Waals surface area contributed by atoms with Gasteiger partial charge in [0.05, 0.1) is 5.69 Å². The first kappa shape index (κ1) is 11.3. The summed E-state index contributed by atoms with van der Waals surface area (Å²) < 4.78 is 0. The number of benzene rings is 1. The lowest BCUT2D eigenvalue weighted by atomic mass is 10.0. The highest BCUT2D eigenvalue weighted by Gasteiger charge is 2.20. The van der Waals surface area contributed by atoms with Crippen molar-refractivity contribution in [2.75, 3.05) is 17.6 Å². The first-order chi connectivity index (χ1) is 8.66. The number of nitrogens with zero attached hydrogens (tertiary/aromatic N) is 2. The molecule has 0 unspecified atom stereocenters. The van der Waals surface area contributed by atoms with Crippen LogP contribution >= 0.6 is 11.6 Å². The Hall–Kier alpha value is -1.81. The summed E-state index contributed by atoms with van der Waals surface area (Å²) >= 11 is 6.16. The molecule has 1 aliphatic heterocycles. The van der Waals surface area contributed by atoms with Crippen LogP contribution in [0.2, 0.25) is 5.02 Å². The van der Waals surface area contributed by atoms with Crippen LogP contribution in [0.1, 0.15) is 11.1 Å². The van der Waals surface area contributed by atoms with Gasteiger partial charge in [-0.05, 0) is 25.0 Å². The number of halogens is 1. The predicted molar refractivity (Wildman–Crippen MR) is 73.8 cm³/mol. The van der Waals surface area contributed by atoms with Crippen LogP contribution in [0.4, 0.5) is 11.8 Å². The van der Waals surface area contributed by atoms with Crippen LogP contribution in [-0.4, -0.2) is 16.5 Å². The third-order valence-electron chi connectivity index (χ3n) is 3.21. The zero-order chi connectivity index (χ0) is 12.7. The van der Waals surface area contributed by atoms with Crippen molar-refractivity contribution in [3.8, 4) is 11.3 Å². The average Bonchev–Trinajstić information content (AvgIpc) is 2.79. The third-order valence-corrected chi connectivity index (χ3v) is 3.62. The maximum absolute atomic E-state index is 6.16. The van der Waals surface area contributed by atoms with E-state index < -0.39 is 0 Å². The zero-order valence-electron chi connectivity index (χ0n) is 10.00. The van der Waals surface area contributed by atoms with E-state index in [1.807, 2.05) is 25.1 Å². The van der Waals surface area contributed by atoms with Crippen molar-refractivity contribution in [3.05, 3.63) is 34.3 Å². The molecule has 2 heterocycles. The summed E-state index contributed by atoms with van der Waals surface area (Å²) in [7, 11) is 0. The lowest BCUT2D eigenvalue weighted by Crippen LogP contribution is -2.02. The quantitative estimate of drug-likeness (QED) is 0.827. The van der Waals surface area contributed by atoms with Crippen molar-refractivity contribution in [2.24, 2.45) is 0 Å². The Balaban J connectivity index is 2.26. The average molecular weight is 261 g/mol. The van der Waals surface area contributed by atoms with Crippen molar-refractivity contribution in [1.82, 2.24) is 9.97 Å². The summed E-state index contributed by atoms with van der Waals surface area (Å²) in [5.74, 6) is 1.13. The molecule has 0 spiro atoms. The van der Waals surface area contributed by atoms with Crippen molar-refractivity contribution >= 4 is 23.4 Å². The fourth-order valence-corrected chi connectivity index (χ4v) is 2.45. The van der Waals surface area contributed by atoms with Gasteiger partial charge in [0, 0.05) is 22.7 Å². The Labute approximate surface area is 110 Å². The SMILES string of the molecule is Cc1c(Cl)cccc1-c1nc(N)nc2c1CCN2. The minimum atomic E-state index is 0.289. The van der Waals surface area contributed by atoms with Gasteiger partial charge in [-0.25, -0.2) is 4.98 Å². The topological polar surface area (TPSA) is 63.8 Å². The molecule has 0 amide bonds. The molecule has 92 valence electrons.